The number of hydrogen-bond acceptors (Lipinski definition) is 4. The molecule has 1 unspecified atom stereocenters. The van der Waals surface area contributed by atoms with Crippen LogP contribution in [0.3, 0.4) is 0 Å². The molecular weight excluding hydrogens is 240 g/mol. The molecule has 0 aliphatic heterocycles. The topological polar surface area (TPSA) is 76.0 Å². The average Bonchev–Trinajstić information content (AvgIpc) is 2.18. The Morgan fingerprint density at radius 1 is 1.35 bits per heavy atom. The predicted molar refractivity (Wildman–Crippen MR) is 66.1 cm³/mol. The van der Waals surface area contributed by atoms with Gasteiger partial charge < -0.3 is 4.55 Å². The molecule has 0 fully saturated rings. The standard InChI is InChI=1S/C11H16N2O3S/c1-11(2,3)13(14)8-9-4-6-10(7-5-9)12-17(15)16/h4-8,14H,1-3H3,(H,15,16)/p-1. The van der Waals surface area contributed by atoms with Crippen LogP contribution in [0.5, 0.6) is 0 Å². The van der Waals surface area contributed by atoms with Gasteiger partial charge in [-0.2, -0.15) is 4.40 Å². The maximum Gasteiger partial charge on any atom is 0.0729 e. The third kappa shape index (κ3) is 4.64. The SMILES string of the molecule is CC(C)(C)N(O)C=C1C=CC(=NS(=O)[O-])C=C1. The number of rotatable bonds is 2. The van der Waals surface area contributed by atoms with Gasteiger partial charge in [0.15, 0.2) is 0 Å². The second-order valence-electron chi connectivity index (χ2n) is 4.54. The lowest BCUT2D eigenvalue weighted by Gasteiger charge is -2.28. The van der Waals surface area contributed by atoms with E-state index in [-0.39, 0.29) is 5.54 Å². The van der Waals surface area contributed by atoms with Crippen molar-refractivity contribution in [3.8, 4) is 0 Å². The van der Waals surface area contributed by atoms with Gasteiger partial charge in [0.1, 0.15) is 0 Å². The highest BCUT2D eigenvalue weighted by Crippen LogP contribution is 2.15. The molecule has 5 nitrogen and oxygen atoms in total. The van der Waals surface area contributed by atoms with Crippen LogP contribution < -0.4 is 0 Å². The van der Waals surface area contributed by atoms with Crippen molar-refractivity contribution in [2.75, 3.05) is 0 Å². The molecule has 0 heterocycles. The molecule has 1 aliphatic rings. The molecule has 0 aromatic carbocycles. The third-order valence-electron chi connectivity index (χ3n) is 2.03. The zero-order valence-electron chi connectivity index (χ0n) is 9.95. The Balaban J connectivity index is 2.79. The van der Waals surface area contributed by atoms with Crippen LogP contribution in [0.1, 0.15) is 20.8 Å². The second kappa shape index (κ2) is 5.39. The summed E-state index contributed by atoms with van der Waals surface area (Å²) in [5, 5.41) is 10.8. The fourth-order valence-corrected chi connectivity index (χ4v) is 1.34. The van der Waals surface area contributed by atoms with Crippen molar-refractivity contribution in [3.05, 3.63) is 36.1 Å². The van der Waals surface area contributed by atoms with Crippen LogP contribution in [-0.4, -0.2) is 30.3 Å². The summed E-state index contributed by atoms with van der Waals surface area (Å²) in [5.74, 6) is 0. The molecule has 1 rings (SSSR count). The number of hydrogen-bond donors (Lipinski definition) is 1. The van der Waals surface area contributed by atoms with Crippen molar-refractivity contribution in [1.82, 2.24) is 5.06 Å². The zero-order valence-corrected chi connectivity index (χ0v) is 10.8. The molecule has 0 aromatic rings. The smallest absolute Gasteiger partial charge is 0.0729 e. The molecule has 17 heavy (non-hydrogen) atoms. The fraction of sp³-hybridized carbons (Fsp3) is 0.364. The number of hydroxylamine groups is 2. The highest BCUT2D eigenvalue weighted by molar-refractivity contribution is 7.77. The van der Waals surface area contributed by atoms with E-state index in [0.29, 0.717) is 5.71 Å². The van der Waals surface area contributed by atoms with Gasteiger partial charge in [0.05, 0.1) is 22.5 Å². The summed E-state index contributed by atoms with van der Waals surface area (Å²) >= 11 is -2.44. The minimum absolute atomic E-state index is 0.357. The van der Waals surface area contributed by atoms with E-state index in [1.54, 1.807) is 30.5 Å². The lowest BCUT2D eigenvalue weighted by molar-refractivity contribution is -0.110. The summed E-state index contributed by atoms with van der Waals surface area (Å²) < 4.78 is 24.0. The van der Waals surface area contributed by atoms with Crippen LogP contribution in [0.25, 0.3) is 0 Å². The van der Waals surface area contributed by atoms with E-state index < -0.39 is 11.3 Å². The predicted octanol–water partition coefficient (Wildman–Crippen LogP) is 1.72. The van der Waals surface area contributed by atoms with Crippen LogP contribution in [0.4, 0.5) is 0 Å². The Morgan fingerprint density at radius 2 is 1.88 bits per heavy atom. The second-order valence-corrected chi connectivity index (χ2v) is 5.16. The van der Waals surface area contributed by atoms with E-state index in [9.17, 15) is 14.0 Å². The van der Waals surface area contributed by atoms with E-state index in [1.165, 1.54) is 0 Å². The Kier molecular flexibility index (Phi) is 4.39. The summed E-state index contributed by atoms with van der Waals surface area (Å²) in [6.07, 6.45) is 8.06. The van der Waals surface area contributed by atoms with E-state index >= 15 is 0 Å². The maximum atomic E-state index is 10.3. The van der Waals surface area contributed by atoms with Crippen LogP contribution in [0.2, 0.25) is 0 Å². The molecule has 94 valence electrons. The van der Waals surface area contributed by atoms with Gasteiger partial charge >= 0.3 is 0 Å². The summed E-state index contributed by atoms with van der Waals surface area (Å²) in [6.45, 7) is 5.61. The first kappa shape index (κ1) is 13.8. The first-order chi connectivity index (χ1) is 7.79. The molecule has 1 atom stereocenters. The quantitative estimate of drug-likeness (QED) is 0.602. The van der Waals surface area contributed by atoms with Crippen LogP contribution in [0.15, 0.2) is 40.5 Å². The lowest BCUT2D eigenvalue weighted by Crippen LogP contribution is -2.34. The van der Waals surface area contributed by atoms with Gasteiger partial charge in [-0.05, 0) is 38.5 Å². The molecule has 0 bridgehead atoms. The van der Waals surface area contributed by atoms with Crippen LogP contribution >= 0.6 is 0 Å². The summed E-state index contributed by atoms with van der Waals surface area (Å²) in [5.41, 5.74) is 0.730. The molecule has 1 aliphatic carbocycles. The summed E-state index contributed by atoms with van der Waals surface area (Å²) in [7, 11) is 0. The first-order valence-corrected chi connectivity index (χ1v) is 6.06. The van der Waals surface area contributed by atoms with E-state index in [4.69, 9.17) is 0 Å². The lowest BCUT2D eigenvalue weighted by atomic mass is 10.1. The molecule has 0 aromatic heterocycles. The van der Waals surface area contributed by atoms with Crippen molar-refractivity contribution in [3.63, 3.8) is 0 Å². The van der Waals surface area contributed by atoms with Gasteiger partial charge in [-0.1, -0.05) is 12.2 Å². The van der Waals surface area contributed by atoms with Gasteiger partial charge in [-0.25, -0.2) is 0 Å². The maximum absolute atomic E-state index is 10.3. The largest absolute Gasteiger partial charge is 0.754 e. The highest BCUT2D eigenvalue weighted by Gasteiger charge is 2.16. The first-order valence-electron chi connectivity index (χ1n) is 5.03. The molecular formula is C11H15N2O3S-. The normalized spacial score (nSPS) is 17.0. The van der Waals surface area contributed by atoms with Crippen molar-refractivity contribution < 1.29 is 14.0 Å². The average molecular weight is 255 g/mol. The minimum atomic E-state index is -2.44. The highest BCUT2D eigenvalue weighted by atomic mass is 32.2. The minimum Gasteiger partial charge on any atom is -0.754 e. The monoisotopic (exact) mass is 255 g/mol. The Labute approximate surface area is 103 Å². The molecule has 0 radical (unpaired) electrons. The fourth-order valence-electron chi connectivity index (χ4n) is 1.04. The van der Waals surface area contributed by atoms with Gasteiger partial charge in [0.25, 0.3) is 0 Å². The van der Waals surface area contributed by atoms with E-state index in [1.807, 2.05) is 20.8 Å². The molecule has 0 spiro atoms. The van der Waals surface area contributed by atoms with Crippen molar-refractivity contribution >= 4 is 17.0 Å². The van der Waals surface area contributed by atoms with Crippen molar-refractivity contribution in [2.24, 2.45) is 4.40 Å². The molecule has 0 saturated carbocycles. The van der Waals surface area contributed by atoms with Gasteiger partial charge in [0, 0.05) is 6.20 Å². The zero-order chi connectivity index (χ0) is 13.1. The van der Waals surface area contributed by atoms with Crippen LogP contribution in [0, 0.1) is 0 Å². The molecule has 0 saturated heterocycles. The Morgan fingerprint density at radius 3 is 2.29 bits per heavy atom. The number of allylic oxidation sites excluding steroid dienone is 5. The van der Waals surface area contributed by atoms with Crippen molar-refractivity contribution in [1.29, 1.82) is 0 Å². The van der Waals surface area contributed by atoms with Crippen molar-refractivity contribution in [2.45, 2.75) is 26.3 Å². The van der Waals surface area contributed by atoms with E-state index in [2.05, 4.69) is 4.40 Å². The Hall–Kier alpha value is -1.24. The van der Waals surface area contributed by atoms with Gasteiger partial charge in [-0.3, -0.25) is 14.5 Å². The van der Waals surface area contributed by atoms with Crippen LogP contribution in [-0.2, 0) is 11.3 Å². The third-order valence-corrected chi connectivity index (χ3v) is 2.39. The van der Waals surface area contributed by atoms with E-state index in [0.717, 1.165) is 10.6 Å². The van der Waals surface area contributed by atoms with Gasteiger partial charge in [0.2, 0.25) is 0 Å². The molecule has 0 amide bonds. The molecule has 6 heteroatoms. The number of nitrogens with zero attached hydrogens (tertiary/aromatic N) is 2. The summed E-state index contributed by atoms with van der Waals surface area (Å²) in [6, 6.07) is 0. The molecule has 1 N–H and O–H groups in total. The Bertz CT molecular complexity index is 412. The van der Waals surface area contributed by atoms with Gasteiger partial charge in [-0.15, -0.1) is 0 Å². The summed E-state index contributed by atoms with van der Waals surface area (Å²) in [4.78, 5) is 0.